The van der Waals surface area contributed by atoms with Crippen LogP contribution in [-0.2, 0) is 67.3 Å². The van der Waals surface area contributed by atoms with Gasteiger partial charge in [0.1, 0.15) is 0 Å². The maximum atomic E-state index is 11.4. The molecule has 24 bridgehead atoms. The first-order chi connectivity index (χ1) is 63.0. The average molecular weight is 2000 g/mol. The number of carbonyl (C=O) groups is 6. The number of aromatic amines is 6. The van der Waals surface area contributed by atoms with E-state index >= 15 is 0 Å². The Morgan fingerprint density at radius 1 is 0.216 bits per heavy atom. The fraction of sp³-hybridized carbons (Fsp3) is 0.371. The number of carboxylic acids is 6. The van der Waals surface area contributed by atoms with E-state index < -0.39 is 35.8 Å². The van der Waals surface area contributed by atoms with E-state index in [9.17, 15) is 59.4 Å². The molecule has 720 valence electrons. The zero-order valence-corrected chi connectivity index (χ0v) is 90.1. The van der Waals surface area contributed by atoms with Gasteiger partial charge < -0.3 is 144 Å². The van der Waals surface area contributed by atoms with Crippen LogP contribution >= 0.6 is 0 Å². The van der Waals surface area contributed by atoms with Gasteiger partial charge in [-0.1, -0.05) is 41.5 Å². The van der Waals surface area contributed by atoms with Crippen LogP contribution in [0.4, 0.5) is 0 Å². The summed E-state index contributed by atoms with van der Waals surface area (Å²) in [4.78, 5) is 120. The molecule has 139 heavy (non-hydrogen) atoms. The van der Waals surface area contributed by atoms with Gasteiger partial charge in [-0.25, -0.2) is 29.9 Å². The van der Waals surface area contributed by atoms with Crippen molar-refractivity contribution in [2.45, 2.75) is 240 Å². The van der Waals surface area contributed by atoms with Gasteiger partial charge in [-0.2, -0.15) is 21.1 Å². The number of aromatic nitrogens is 12. The normalized spacial score (nSPS) is 12.2. The van der Waals surface area contributed by atoms with Gasteiger partial charge in [-0.15, -0.1) is 0 Å². The SMILES string of the molecule is CCc1c(C)c2cc3[nH]c(cc4nc(cc5nc(cc1[nH]2)C(C)=C5CCC(=O)[O-])C(CCC(=O)[O-])=C4C)c(C)c3CC.CCc1c(C)c2cc3[nH]c(cc4nc(cc5nc(cc1[nH]2)C(C)=C5CCC(=O)[O-])C(CCC(=O)[O-])=C4C)c(C)c3CC.CCc1c(C)c2cc3[nH]c(cc4nc(cc5nc(cc1[nH]2)C(C)=C5CCC(=O)[O-])C(CCC(=O)[O-])=C4C)c(C)c3CC.C[NH-].C[NH-].C[NH-].[Al+3].[Al+3].[Al+3].[Al+3].[Cl-].[Cl-].[Cl-]. The van der Waals surface area contributed by atoms with Crippen molar-refractivity contribution in [1.82, 2.24) is 59.8 Å². The molecule has 9 aromatic rings. The average Bonchev–Trinajstić information content (AvgIpc) is 1.62. The second-order valence-electron chi connectivity index (χ2n) is 33.3. The monoisotopic (exact) mass is 2000 g/mol. The summed E-state index contributed by atoms with van der Waals surface area (Å²) < 4.78 is 0. The number of hydrogen-bond acceptors (Lipinski definition) is 18. The Kier molecular flexibility index (Phi) is 48.1. The molecule has 0 amide bonds. The summed E-state index contributed by atoms with van der Waals surface area (Å²) in [6.07, 6.45) is 5.88. The molecule has 9 N–H and O–H groups in total. The van der Waals surface area contributed by atoms with E-state index in [0.717, 1.165) is 222 Å². The number of H-pyrrole nitrogens is 6. The predicted octanol–water partition coefficient (Wildman–Crippen LogP) is 6.43. The minimum atomic E-state index is -1.13. The number of aryl methyl sites for hydroxylation is 12. The molecule has 15 rings (SSSR count). The molecule has 0 radical (unpaired) electrons. The van der Waals surface area contributed by atoms with Crippen LogP contribution in [0.5, 0.6) is 0 Å². The van der Waals surface area contributed by atoms with E-state index in [2.05, 4.69) is 131 Å². The van der Waals surface area contributed by atoms with Gasteiger partial charge in [-0.05, 0) is 405 Å². The van der Waals surface area contributed by atoms with E-state index in [1.165, 1.54) is 71.2 Å². The van der Waals surface area contributed by atoms with Crippen LogP contribution in [0.1, 0.15) is 295 Å². The number of nitrogens with one attached hydrogen (secondary N) is 9. The van der Waals surface area contributed by atoms with Crippen LogP contribution in [0.2, 0.25) is 0 Å². The summed E-state index contributed by atoms with van der Waals surface area (Å²) >= 11 is 0. The maximum absolute atomic E-state index is 11.4. The number of halogens is 3. The summed E-state index contributed by atoms with van der Waals surface area (Å²) in [5.41, 5.74) is 62.0. The zero-order chi connectivity index (χ0) is 96.9. The van der Waals surface area contributed by atoms with Crippen LogP contribution in [0.3, 0.4) is 0 Å². The van der Waals surface area contributed by atoms with Crippen molar-refractivity contribution in [3.63, 3.8) is 0 Å². The van der Waals surface area contributed by atoms with Crippen molar-refractivity contribution in [3.05, 3.63) is 225 Å². The van der Waals surface area contributed by atoms with Crippen molar-refractivity contribution in [1.29, 1.82) is 0 Å². The molecule has 0 spiro atoms. The van der Waals surface area contributed by atoms with Gasteiger partial charge in [0.2, 0.25) is 0 Å². The maximum Gasteiger partial charge on any atom is 3.00 e. The topological polar surface area (TPSA) is 484 Å². The second-order valence-corrected chi connectivity index (χ2v) is 33.3. The Labute approximate surface area is 874 Å². The van der Waals surface area contributed by atoms with E-state index in [4.69, 9.17) is 47.1 Å². The molecule has 9 aromatic heterocycles. The first kappa shape index (κ1) is 123. The molecule has 0 aromatic carbocycles. The first-order valence-corrected chi connectivity index (χ1v) is 45.2. The number of aliphatic carboxylic acids is 6. The molecule has 15 heterocycles. The van der Waals surface area contributed by atoms with Gasteiger partial charge in [0.05, 0.1) is 68.3 Å². The minimum absolute atomic E-state index is 0. The zero-order valence-electron chi connectivity index (χ0n) is 83.2. The number of rotatable bonds is 24. The summed E-state index contributed by atoms with van der Waals surface area (Å²) in [5.74, 6) is -6.75. The van der Waals surface area contributed by atoms with Crippen molar-refractivity contribution in [2.24, 2.45) is 0 Å². The molecule has 0 saturated heterocycles. The van der Waals surface area contributed by atoms with Gasteiger partial charge in [0, 0.05) is 102 Å². The van der Waals surface area contributed by atoms with Gasteiger partial charge >= 0.3 is 69.4 Å². The van der Waals surface area contributed by atoms with E-state index in [0.29, 0.717) is 34.2 Å². The van der Waals surface area contributed by atoms with Crippen molar-refractivity contribution in [3.8, 4) is 0 Å². The molecule has 6 aliphatic rings. The van der Waals surface area contributed by atoms with Crippen molar-refractivity contribution in [2.75, 3.05) is 21.1 Å². The van der Waals surface area contributed by atoms with Gasteiger partial charge in [0.25, 0.3) is 0 Å². The fourth-order valence-corrected chi connectivity index (χ4v) is 18.6. The molecule has 0 unspecified atom stereocenters. The van der Waals surface area contributed by atoms with Crippen molar-refractivity contribution >= 4 is 238 Å². The van der Waals surface area contributed by atoms with Gasteiger partial charge in [-0.3, -0.25) is 0 Å². The summed E-state index contributed by atoms with van der Waals surface area (Å²) in [7, 11) is 3.75. The number of hydrogen-bond donors (Lipinski definition) is 6. The molecule has 0 saturated carbocycles. The summed E-state index contributed by atoms with van der Waals surface area (Å²) in [5, 5.41) is 68.5. The standard InChI is InChI=1S/3C34H38N4O4.3CH4N.4Al.3ClH/c3*1-7-21-17(3)25-13-26-19(5)23(9-11-33(39)40)31(37-26)16-32-24(10-12-34(41)42)20(6)28(38-32)15-30-22(8-2)18(4)27(36-30)14-29(21)35-25;3*1-2;;;;;;;/h3*13-16,35-36H,7-12H2,1-6H3,(H,39,40)(H,41,42);3*2H,1H3;;;;;3*1H/q;;;3*-1;4*+3;;;/p-9. The Hall–Kier alpha value is -10.5. The number of carbonyl (C=O) groups excluding carboxylic acids is 6. The number of carboxylic acid groups (broad SMARTS) is 6. The fourth-order valence-electron chi connectivity index (χ4n) is 18.6. The largest absolute Gasteiger partial charge is 3.00 e. The Bertz CT molecular complexity index is 6260. The minimum Gasteiger partial charge on any atom is -1.00 e. The second kappa shape index (κ2) is 54.5. The third kappa shape index (κ3) is 27.2. The summed E-state index contributed by atoms with van der Waals surface area (Å²) in [6.45, 7) is 37.3. The first-order valence-electron chi connectivity index (χ1n) is 45.2. The Morgan fingerprint density at radius 3 is 0.468 bits per heavy atom. The van der Waals surface area contributed by atoms with Crippen LogP contribution in [0.25, 0.3) is 150 Å². The quantitative estimate of drug-likeness (QED) is 0.0355. The smallest absolute Gasteiger partial charge is 1.00 e. The molecule has 0 fully saturated rings. The van der Waals surface area contributed by atoms with E-state index in [-0.39, 0.29) is 184 Å². The number of nitrogens with zero attached hydrogens (tertiary/aromatic N) is 6. The van der Waals surface area contributed by atoms with E-state index in [1.807, 2.05) is 96.1 Å². The van der Waals surface area contributed by atoms with Crippen molar-refractivity contribution < 1.29 is 96.6 Å². The van der Waals surface area contributed by atoms with E-state index in [1.54, 1.807) is 0 Å². The number of fused-ring (bicyclic) bond motifs is 24. The molecule has 27 nitrogen and oxygen atoms in total. The molecule has 6 aliphatic heterocycles. The van der Waals surface area contributed by atoms with Gasteiger partial charge in [0.15, 0.2) is 0 Å². The van der Waals surface area contributed by atoms with Crippen LogP contribution < -0.4 is 67.9 Å². The van der Waals surface area contributed by atoms with Crippen LogP contribution in [0, 0.1) is 41.5 Å². The molecular weight excluding hydrogens is 1880 g/mol. The summed E-state index contributed by atoms with van der Waals surface area (Å²) in [6, 6.07) is 24.3. The molecule has 34 heteroatoms. The van der Waals surface area contributed by atoms with Crippen LogP contribution in [-0.4, -0.2) is 186 Å². The Balaban J connectivity index is 0.000000509. The molecule has 0 aliphatic carbocycles. The third-order valence-electron chi connectivity index (χ3n) is 26.0. The third-order valence-corrected chi connectivity index (χ3v) is 26.0. The number of allylic oxidation sites excluding steroid dienone is 12. The molecule has 0 atom stereocenters. The Morgan fingerprint density at radius 2 is 0.338 bits per heavy atom. The molecular formula is C105H120Al4Cl3N15O12. The van der Waals surface area contributed by atoms with Crippen LogP contribution in [0.15, 0.2) is 72.8 Å². The predicted molar refractivity (Wildman–Crippen MR) is 542 cm³/mol.